The van der Waals surface area contributed by atoms with Crippen LogP contribution in [-0.2, 0) is 6.42 Å². The number of nitrogens with one attached hydrogen (secondary N) is 1. The van der Waals surface area contributed by atoms with Crippen LogP contribution >= 0.6 is 12.6 Å². The number of halogens is 3. The van der Waals surface area contributed by atoms with Crippen molar-refractivity contribution in [2.75, 3.05) is 12.3 Å². The number of nitrogens with two attached hydrogens (primary N) is 2. The molecule has 0 fully saturated rings. The van der Waals surface area contributed by atoms with E-state index in [-0.39, 0.29) is 17.5 Å². The van der Waals surface area contributed by atoms with Crippen LogP contribution in [0.15, 0.2) is 36.4 Å². The van der Waals surface area contributed by atoms with Crippen LogP contribution in [0.5, 0.6) is 0 Å². The van der Waals surface area contributed by atoms with Gasteiger partial charge in [0.05, 0.1) is 0 Å². The van der Waals surface area contributed by atoms with Gasteiger partial charge in [-0.3, -0.25) is 5.32 Å². The molecule has 0 aromatic heterocycles. The first kappa shape index (κ1) is 26.5. The van der Waals surface area contributed by atoms with Crippen molar-refractivity contribution in [3.8, 4) is 11.1 Å². The van der Waals surface area contributed by atoms with Crippen LogP contribution in [0.4, 0.5) is 13.2 Å². The van der Waals surface area contributed by atoms with Gasteiger partial charge in [0.1, 0.15) is 23.2 Å². The first-order valence-corrected chi connectivity index (χ1v) is 10.4. The maximum atomic E-state index is 14.9. The van der Waals surface area contributed by atoms with Gasteiger partial charge in [0.25, 0.3) is 0 Å². The minimum atomic E-state index is -1.01. The highest BCUT2D eigenvalue weighted by atomic mass is 32.1. The first-order chi connectivity index (χ1) is 14.0. The lowest BCUT2D eigenvalue weighted by Gasteiger charge is -2.24. The van der Waals surface area contributed by atoms with Crippen molar-refractivity contribution in [2.24, 2.45) is 11.5 Å². The quantitative estimate of drug-likeness (QED) is 0.319. The summed E-state index contributed by atoms with van der Waals surface area (Å²) in [5.41, 5.74) is 11.7. The largest absolute Gasteiger partial charge is 0.376 e. The number of hydrogen-bond acceptors (Lipinski definition) is 5. The molecule has 2 unspecified atom stereocenters. The van der Waals surface area contributed by atoms with Crippen LogP contribution in [0.2, 0.25) is 0 Å². The third-order valence-electron chi connectivity index (χ3n) is 4.29. The molecule has 0 radical (unpaired) electrons. The Morgan fingerprint density at radius 3 is 2.17 bits per heavy atom. The van der Waals surface area contributed by atoms with E-state index in [0.717, 1.165) is 24.0 Å². The molecule has 0 saturated carbocycles. The molecule has 168 valence electrons. The molecule has 0 heterocycles. The smallest absolute Gasteiger partial charge is 0.134 e. The fourth-order valence-electron chi connectivity index (χ4n) is 2.83. The minimum absolute atomic E-state index is 0.107. The minimum Gasteiger partial charge on any atom is -0.376 e. The molecule has 0 aliphatic rings. The van der Waals surface area contributed by atoms with E-state index in [4.69, 9.17) is 11.5 Å². The van der Waals surface area contributed by atoms with E-state index in [0.29, 0.717) is 18.5 Å². The Bertz CT molecular complexity index is 779. The number of thiol groups is 1. The Labute approximate surface area is 182 Å². The SMILES string of the molecule is CC(C)(O)NCCC(N)C(N)Cc1cccc(-c2cc(F)cc(F)c2)c1F.CCS. The summed E-state index contributed by atoms with van der Waals surface area (Å²) in [5.74, 6) is -1.17. The van der Waals surface area contributed by atoms with E-state index in [9.17, 15) is 18.3 Å². The van der Waals surface area contributed by atoms with Gasteiger partial charge < -0.3 is 16.6 Å². The van der Waals surface area contributed by atoms with E-state index in [1.54, 1.807) is 26.0 Å². The molecule has 4 nitrogen and oxygen atoms in total. The number of aliphatic hydroxyl groups is 1. The summed E-state index contributed by atoms with van der Waals surface area (Å²) in [4.78, 5) is 0. The van der Waals surface area contributed by atoms with Gasteiger partial charge >= 0.3 is 0 Å². The Morgan fingerprint density at radius 1 is 1.07 bits per heavy atom. The maximum Gasteiger partial charge on any atom is 0.134 e. The van der Waals surface area contributed by atoms with Gasteiger partial charge in [-0.15, -0.1) is 0 Å². The van der Waals surface area contributed by atoms with Gasteiger partial charge in [-0.25, -0.2) is 13.2 Å². The fourth-order valence-corrected chi connectivity index (χ4v) is 2.83. The Balaban J connectivity index is 0.00000141. The third kappa shape index (κ3) is 9.06. The molecule has 0 saturated heterocycles. The molecule has 0 spiro atoms. The van der Waals surface area contributed by atoms with Gasteiger partial charge in [-0.05, 0) is 62.2 Å². The molecule has 2 atom stereocenters. The summed E-state index contributed by atoms with van der Waals surface area (Å²) in [6.07, 6.45) is 0.683. The highest BCUT2D eigenvalue weighted by molar-refractivity contribution is 7.80. The maximum absolute atomic E-state index is 14.9. The monoisotopic (exact) mass is 443 g/mol. The van der Waals surface area contributed by atoms with Gasteiger partial charge in [-0.2, -0.15) is 12.6 Å². The van der Waals surface area contributed by atoms with Crippen LogP contribution in [0.25, 0.3) is 11.1 Å². The van der Waals surface area contributed by atoms with Crippen LogP contribution in [0.3, 0.4) is 0 Å². The Morgan fingerprint density at radius 2 is 1.63 bits per heavy atom. The van der Waals surface area contributed by atoms with Crippen molar-refractivity contribution < 1.29 is 18.3 Å². The zero-order chi connectivity index (χ0) is 22.9. The summed E-state index contributed by atoms with van der Waals surface area (Å²) in [7, 11) is 0. The normalized spacial score (nSPS) is 13.4. The molecular formula is C22H32F3N3OS. The second-order valence-electron chi connectivity index (χ2n) is 7.56. The predicted molar refractivity (Wildman–Crippen MR) is 120 cm³/mol. The van der Waals surface area contributed by atoms with E-state index in [1.807, 2.05) is 6.92 Å². The lowest BCUT2D eigenvalue weighted by atomic mass is 9.95. The molecule has 0 amide bonds. The van der Waals surface area contributed by atoms with Crippen molar-refractivity contribution in [1.29, 1.82) is 0 Å². The molecule has 2 aromatic rings. The molecule has 0 aliphatic heterocycles. The predicted octanol–water partition coefficient (Wildman–Crippen LogP) is 3.61. The van der Waals surface area contributed by atoms with E-state index in [1.165, 1.54) is 6.07 Å². The molecule has 30 heavy (non-hydrogen) atoms. The lowest BCUT2D eigenvalue weighted by molar-refractivity contribution is 0.0430. The first-order valence-electron chi connectivity index (χ1n) is 9.81. The Hall–Kier alpha value is -1.58. The molecule has 2 rings (SSSR count). The van der Waals surface area contributed by atoms with Crippen molar-refractivity contribution in [3.63, 3.8) is 0 Å². The number of hydrogen-bond donors (Lipinski definition) is 5. The van der Waals surface area contributed by atoms with Crippen molar-refractivity contribution >= 4 is 12.6 Å². The highest BCUT2D eigenvalue weighted by Crippen LogP contribution is 2.27. The van der Waals surface area contributed by atoms with Crippen LogP contribution < -0.4 is 16.8 Å². The zero-order valence-electron chi connectivity index (χ0n) is 17.6. The van der Waals surface area contributed by atoms with E-state index < -0.39 is 35.3 Å². The van der Waals surface area contributed by atoms with Gasteiger partial charge in [0.2, 0.25) is 0 Å². The average molecular weight is 444 g/mol. The second-order valence-corrected chi connectivity index (χ2v) is 8.19. The van der Waals surface area contributed by atoms with Crippen LogP contribution in [0.1, 0.15) is 32.8 Å². The van der Waals surface area contributed by atoms with E-state index in [2.05, 4.69) is 17.9 Å². The summed E-state index contributed by atoms with van der Waals surface area (Å²) < 4.78 is 41.7. The number of benzene rings is 2. The van der Waals surface area contributed by atoms with Crippen molar-refractivity contribution in [2.45, 2.75) is 51.4 Å². The van der Waals surface area contributed by atoms with Gasteiger partial charge in [-0.1, -0.05) is 25.1 Å². The topological polar surface area (TPSA) is 84.3 Å². The molecule has 2 aromatic carbocycles. The van der Waals surface area contributed by atoms with Gasteiger partial charge in [0, 0.05) is 23.7 Å². The second kappa shape index (κ2) is 12.3. The van der Waals surface area contributed by atoms with Crippen LogP contribution in [0, 0.1) is 17.5 Å². The van der Waals surface area contributed by atoms with Crippen molar-refractivity contribution in [1.82, 2.24) is 5.32 Å². The molecular weight excluding hydrogens is 411 g/mol. The molecule has 6 N–H and O–H groups in total. The summed E-state index contributed by atoms with van der Waals surface area (Å²) in [5, 5.41) is 12.5. The van der Waals surface area contributed by atoms with E-state index >= 15 is 0 Å². The lowest BCUT2D eigenvalue weighted by Crippen LogP contribution is -2.47. The summed E-state index contributed by atoms with van der Waals surface area (Å²) >= 11 is 3.79. The van der Waals surface area contributed by atoms with Crippen molar-refractivity contribution in [3.05, 3.63) is 59.4 Å². The summed E-state index contributed by atoms with van der Waals surface area (Å²) in [6, 6.07) is 6.64. The molecule has 0 aliphatic carbocycles. The third-order valence-corrected chi connectivity index (χ3v) is 4.29. The fraction of sp³-hybridized carbons (Fsp3) is 0.455. The standard InChI is InChI=1S/C20H26F3N3O.C2H6S/c1-20(2,27)26-7-6-17(24)18(25)10-12-4-3-5-16(19(12)23)13-8-14(21)11-15(22)9-13;1-2-3/h3-5,8-9,11,17-18,26-27H,6-7,10,24-25H2,1-2H3;3H,2H2,1H3. The van der Waals surface area contributed by atoms with Crippen LogP contribution in [-0.4, -0.2) is 35.2 Å². The molecule has 8 heteroatoms. The highest BCUT2D eigenvalue weighted by Gasteiger charge is 2.19. The number of rotatable bonds is 8. The Kier molecular flexibility index (Phi) is 10.9. The summed E-state index contributed by atoms with van der Waals surface area (Å²) in [6.45, 7) is 5.69. The molecule has 0 bridgehead atoms. The van der Waals surface area contributed by atoms with Gasteiger partial charge in [0.15, 0.2) is 0 Å². The zero-order valence-corrected chi connectivity index (χ0v) is 18.5. The average Bonchev–Trinajstić information content (AvgIpc) is 2.62.